The third kappa shape index (κ3) is 3.78. The standard InChI is InChI=1S/C14H21N3O3S.ClH/c1-9-6-11(7-13(10(9)2)21(15,19)20)14(18)17(3)12-4-5-16-8-12;/h6-7,12,16H,4-5,8H2,1-3H3,(H2,15,19,20);1H. The second kappa shape index (κ2) is 6.95. The molecule has 1 aromatic carbocycles. The van der Waals surface area contributed by atoms with Gasteiger partial charge in [0.05, 0.1) is 4.90 Å². The molecule has 8 heteroatoms. The van der Waals surface area contributed by atoms with Crippen molar-refractivity contribution in [2.45, 2.75) is 31.2 Å². The maximum absolute atomic E-state index is 12.5. The van der Waals surface area contributed by atoms with Crippen LogP contribution in [0.1, 0.15) is 27.9 Å². The highest BCUT2D eigenvalue weighted by atomic mass is 35.5. The Balaban J connectivity index is 0.00000242. The van der Waals surface area contributed by atoms with Gasteiger partial charge in [-0.3, -0.25) is 4.79 Å². The van der Waals surface area contributed by atoms with Crippen molar-refractivity contribution in [2.24, 2.45) is 5.14 Å². The fraction of sp³-hybridized carbons (Fsp3) is 0.500. The number of likely N-dealkylation sites (N-methyl/N-ethyl adjacent to an activating group) is 1. The first-order chi connectivity index (χ1) is 9.71. The first-order valence-electron chi connectivity index (χ1n) is 6.83. The molecule has 1 unspecified atom stereocenters. The molecule has 0 radical (unpaired) electrons. The summed E-state index contributed by atoms with van der Waals surface area (Å²) in [5.74, 6) is -0.184. The summed E-state index contributed by atoms with van der Waals surface area (Å²) in [7, 11) is -2.10. The highest BCUT2D eigenvalue weighted by Gasteiger charge is 2.25. The molecule has 22 heavy (non-hydrogen) atoms. The number of nitrogens with two attached hydrogens (primary N) is 1. The fourth-order valence-electron chi connectivity index (χ4n) is 2.59. The monoisotopic (exact) mass is 347 g/mol. The zero-order valence-electron chi connectivity index (χ0n) is 12.9. The quantitative estimate of drug-likeness (QED) is 0.846. The molecule has 1 aliphatic rings. The summed E-state index contributed by atoms with van der Waals surface area (Å²) in [4.78, 5) is 14.2. The van der Waals surface area contributed by atoms with Crippen molar-refractivity contribution in [3.63, 3.8) is 0 Å². The Hall–Kier alpha value is -1.15. The minimum absolute atomic E-state index is 0. The number of nitrogens with one attached hydrogen (secondary N) is 1. The van der Waals surface area contributed by atoms with Gasteiger partial charge in [-0.05, 0) is 50.1 Å². The lowest BCUT2D eigenvalue weighted by Crippen LogP contribution is -2.38. The van der Waals surface area contributed by atoms with Crippen LogP contribution >= 0.6 is 12.4 Å². The summed E-state index contributed by atoms with van der Waals surface area (Å²) in [5.41, 5.74) is 1.68. The minimum Gasteiger partial charge on any atom is -0.337 e. The molecule has 3 N–H and O–H groups in total. The number of hydrogen-bond acceptors (Lipinski definition) is 4. The van der Waals surface area contributed by atoms with E-state index in [1.54, 1.807) is 31.9 Å². The van der Waals surface area contributed by atoms with Crippen LogP contribution in [-0.2, 0) is 10.0 Å². The van der Waals surface area contributed by atoms with Crippen LogP contribution in [0, 0.1) is 13.8 Å². The van der Waals surface area contributed by atoms with E-state index in [0.717, 1.165) is 25.1 Å². The summed E-state index contributed by atoms with van der Waals surface area (Å²) in [5, 5.41) is 8.44. The van der Waals surface area contributed by atoms with Crippen LogP contribution in [0.15, 0.2) is 17.0 Å². The molecule has 6 nitrogen and oxygen atoms in total. The molecule has 1 aliphatic heterocycles. The van der Waals surface area contributed by atoms with Crippen molar-refractivity contribution in [2.75, 3.05) is 20.1 Å². The van der Waals surface area contributed by atoms with Crippen LogP contribution in [0.5, 0.6) is 0 Å². The van der Waals surface area contributed by atoms with Crippen molar-refractivity contribution in [3.05, 3.63) is 28.8 Å². The summed E-state index contributed by atoms with van der Waals surface area (Å²) < 4.78 is 23.3. The SMILES string of the molecule is Cc1cc(C(=O)N(C)C2CCNC2)cc(S(N)(=O)=O)c1C.Cl. The number of aryl methyl sites for hydroxylation is 1. The number of carbonyl (C=O) groups is 1. The van der Waals surface area contributed by atoms with Gasteiger partial charge in [0.25, 0.3) is 5.91 Å². The molecule has 1 aromatic rings. The van der Waals surface area contributed by atoms with Crippen LogP contribution in [0.2, 0.25) is 0 Å². The number of sulfonamides is 1. The normalized spacial score (nSPS) is 17.9. The predicted molar refractivity (Wildman–Crippen MR) is 87.9 cm³/mol. The number of primary sulfonamides is 1. The molecular weight excluding hydrogens is 326 g/mol. The van der Waals surface area contributed by atoms with E-state index in [9.17, 15) is 13.2 Å². The van der Waals surface area contributed by atoms with E-state index < -0.39 is 10.0 Å². The number of carbonyl (C=O) groups excluding carboxylic acids is 1. The third-order valence-corrected chi connectivity index (χ3v) is 5.11. The molecule has 1 fully saturated rings. The molecule has 2 rings (SSSR count). The zero-order valence-corrected chi connectivity index (χ0v) is 14.6. The molecule has 1 heterocycles. The molecule has 0 aliphatic carbocycles. The topological polar surface area (TPSA) is 92.5 Å². The molecule has 1 atom stereocenters. The Morgan fingerprint density at radius 3 is 2.50 bits per heavy atom. The molecule has 0 spiro atoms. The summed E-state index contributed by atoms with van der Waals surface area (Å²) >= 11 is 0. The van der Waals surface area contributed by atoms with Crippen LogP contribution in [-0.4, -0.2) is 45.4 Å². The smallest absolute Gasteiger partial charge is 0.253 e. The summed E-state index contributed by atoms with van der Waals surface area (Å²) in [6.07, 6.45) is 0.898. The van der Waals surface area contributed by atoms with E-state index in [0.29, 0.717) is 11.1 Å². The van der Waals surface area contributed by atoms with Crippen LogP contribution < -0.4 is 10.5 Å². The Morgan fingerprint density at radius 2 is 2.00 bits per heavy atom. The van der Waals surface area contributed by atoms with Crippen LogP contribution in [0.4, 0.5) is 0 Å². The molecule has 1 saturated heterocycles. The maximum atomic E-state index is 12.5. The number of hydrogen-bond donors (Lipinski definition) is 2. The number of halogens is 1. The maximum Gasteiger partial charge on any atom is 0.253 e. The van der Waals surface area contributed by atoms with Crippen molar-refractivity contribution in [3.8, 4) is 0 Å². The number of amides is 1. The van der Waals surface area contributed by atoms with Gasteiger partial charge in [-0.2, -0.15) is 0 Å². The van der Waals surface area contributed by atoms with Gasteiger partial charge in [-0.15, -0.1) is 12.4 Å². The van der Waals surface area contributed by atoms with Crippen LogP contribution in [0.25, 0.3) is 0 Å². The zero-order chi connectivity index (χ0) is 15.8. The van der Waals surface area contributed by atoms with Crippen molar-refractivity contribution in [1.82, 2.24) is 10.2 Å². The van der Waals surface area contributed by atoms with Crippen molar-refractivity contribution >= 4 is 28.3 Å². The number of rotatable bonds is 3. The first kappa shape index (κ1) is 18.9. The van der Waals surface area contributed by atoms with Gasteiger partial charge in [0.2, 0.25) is 10.0 Å². The molecule has 0 bridgehead atoms. The highest BCUT2D eigenvalue weighted by Crippen LogP contribution is 2.22. The predicted octanol–water partition coefficient (Wildman–Crippen LogP) is 0.807. The number of nitrogens with zero attached hydrogens (tertiary/aromatic N) is 1. The van der Waals surface area contributed by atoms with Gasteiger partial charge in [0.1, 0.15) is 0 Å². The van der Waals surface area contributed by atoms with E-state index in [1.807, 2.05) is 0 Å². The van der Waals surface area contributed by atoms with E-state index in [4.69, 9.17) is 5.14 Å². The van der Waals surface area contributed by atoms with E-state index in [-0.39, 0.29) is 29.3 Å². The van der Waals surface area contributed by atoms with Crippen LogP contribution in [0.3, 0.4) is 0 Å². The van der Waals surface area contributed by atoms with E-state index in [1.165, 1.54) is 6.07 Å². The Morgan fingerprint density at radius 1 is 1.36 bits per heavy atom. The average Bonchev–Trinajstić information content (AvgIpc) is 2.92. The van der Waals surface area contributed by atoms with Gasteiger partial charge in [-0.25, -0.2) is 13.6 Å². The summed E-state index contributed by atoms with van der Waals surface area (Å²) in [6.45, 7) is 5.11. The Kier molecular flexibility index (Phi) is 5.97. The Bertz CT molecular complexity index is 670. The molecular formula is C14H22ClN3O3S. The van der Waals surface area contributed by atoms with Gasteiger partial charge >= 0.3 is 0 Å². The Labute approximate surface area is 137 Å². The van der Waals surface area contributed by atoms with Gasteiger partial charge in [0, 0.05) is 25.2 Å². The fourth-order valence-corrected chi connectivity index (χ4v) is 3.46. The first-order valence-corrected chi connectivity index (χ1v) is 8.38. The van der Waals surface area contributed by atoms with Gasteiger partial charge in [-0.1, -0.05) is 0 Å². The lowest BCUT2D eigenvalue weighted by Gasteiger charge is -2.24. The molecule has 1 amide bonds. The lowest BCUT2D eigenvalue weighted by molar-refractivity contribution is 0.0743. The van der Waals surface area contributed by atoms with Gasteiger partial charge < -0.3 is 10.2 Å². The minimum atomic E-state index is -3.84. The second-order valence-electron chi connectivity index (χ2n) is 5.52. The van der Waals surface area contributed by atoms with E-state index in [2.05, 4.69) is 5.32 Å². The second-order valence-corrected chi connectivity index (χ2v) is 7.05. The molecule has 0 aromatic heterocycles. The average molecular weight is 348 g/mol. The lowest BCUT2D eigenvalue weighted by atomic mass is 10.0. The third-order valence-electron chi connectivity index (χ3n) is 4.08. The summed E-state index contributed by atoms with van der Waals surface area (Å²) in [6, 6.07) is 3.22. The molecule has 0 saturated carbocycles. The van der Waals surface area contributed by atoms with Crippen molar-refractivity contribution < 1.29 is 13.2 Å². The molecule has 124 valence electrons. The largest absolute Gasteiger partial charge is 0.337 e. The van der Waals surface area contributed by atoms with Crippen molar-refractivity contribution in [1.29, 1.82) is 0 Å². The van der Waals surface area contributed by atoms with Gasteiger partial charge in [0.15, 0.2) is 0 Å². The highest BCUT2D eigenvalue weighted by molar-refractivity contribution is 7.89. The number of benzene rings is 1. The van der Waals surface area contributed by atoms with E-state index >= 15 is 0 Å².